The van der Waals surface area contributed by atoms with E-state index >= 15 is 0 Å². The maximum absolute atomic E-state index is 5.25. The lowest BCUT2D eigenvalue weighted by atomic mass is 10.1. The van der Waals surface area contributed by atoms with Crippen molar-refractivity contribution in [1.29, 1.82) is 0 Å². The molecule has 0 N–H and O–H groups in total. The average molecular weight is 130 g/mol. The Labute approximate surface area is 56.2 Å². The minimum Gasteiger partial charge on any atom is -0.379 e. The number of methoxy groups -OCH3 is 1. The zero-order valence-electron chi connectivity index (χ0n) is 6.09. The molecule has 1 rings (SSSR count). The van der Waals surface area contributed by atoms with Gasteiger partial charge in [-0.1, -0.05) is 6.92 Å². The van der Waals surface area contributed by atoms with E-state index in [0.717, 1.165) is 13.0 Å². The van der Waals surface area contributed by atoms with Gasteiger partial charge in [-0.3, -0.25) is 0 Å². The van der Waals surface area contributed by atoms with Crippen molar-refractivity contribution in [2.24, 2.45) is 0 Å². The maximum Gasteiger partial charge on any atom is 0.0858 e. The second kappa shape index (κ2) is 3.18. The van der Waals surface area contributed by atoms with Crippen molar-refractivity contribution in [2.45, 2.75) is 32.0 Å². The van der Waals surface area contributed by atoms with Crippen LogP contribution in [0.3, 0.4) is 0 Å². The lowest BCUT2D eigenvalue weighted by Crippen LogP contribution is -2.39. The minimum atomic E-state index is 0.332. The molecule has 9 heavy (non-hydrogen) atoms. The van der Waals surface area contributed by atoms with Crippen LogP contribution in [0.5, 0.6) is 0 Å². The topological polar surface area (TPSA) is 18.5 Å². The average Bonchev–Trinajstić information content (AvgIpc) is 1.78. The highest BCUT2D eigenvalue weighted by atomic mass is 16.5. The molecule has 0 bridgehead atoms. The van der Waals surface area contributed by atoms with Crippen molar-refractivity contribution >= 4 is 0 Å². The second-order valence-electron chi connectivity index (χ2n) is 2.38. The zero-order valence-corrected chi connectivity index (χ0v) is 6.09. The van der Waals surface area contributed by atoms with Gasteiger partial charge < -0.3 is 9.47 Å². The Morgan fingerprint density at radius 2 is 2.44 bits per heavy atom. The van der Waals surface area contributed by atoms with Gasteiger partial charge >= 0.3 is 0 Å². The third-order valence-corrected chi connectivity index (χ3v) is 1.85. The molecule has 0 aromatic rings. The lowest BCUT2D eigenvalue weighted by Gasteiger charge is -2.32. The van der Waals surface area contributed by atoms with Gasteiger partial charge in [0, 0.05) is 13.7 Å². The summed E-state index contributed by atoms with van der Waals surface area (Å²) in [6.07, 6.45) is 2.95. The van der Waals surface area contributed by atoms with Gasteiger partial charge in [0.05, 0.1) is 12.2 Å². The van der Waals surface area contributed by atoms with Gasteiger partial charge in [-0.05, 0) is 12.8 Å². The monoisotopic (exact) mass is 130 g/mol. The first-order valence-corrected chi connectivity index (χ1v) is 3.53. The summed E-state index contributed by atoms with van der Waals surface area (Å²) in [5, 5.41) is 0. The van der Waals surface area contributed by atoms with Crippen molar-refractivity contribution in [1.82, 2.24) is 0 Å². The van der Waals surface area contributed by atoms with Crippen molar-refractivity contribution in [3.8, 4) is 0 Å². The highest BCUT2D eigenvalue weighted by Crippen LogP contribution is 2.18. The summed E-state index contributed by atoms with van der Waals surface area (Å²) in [6, 6.07) is 0. The molecule has 0 spiro atoms. The van der Waals surface area contributed by atoms with Crippen LogP contribution < -0.4 is 0 Å². The molecule has 54 valence electrons. The van der Waals surface area contributed by atoms with Crippen molar-refractivity contribution in [3.63, 3.8) is 0 Å². The Morgan fingerprint density at radius 1 is 1.78 bits per heavy atom. The number of ether oxygens (including phenoxy) is 2. The maximum atomic E-state index is 5.25. The molecular formula is C7H14O2. The number of hydrogen-bond acceptors (Lipinski definition) is 2. The van der Waals surface area contributed by atoms with Crippen molar-refractivity contribution in [3.05, 3.63) is 0 Å². The van der Waals surface area contributed by atoms with Crippen LogP contribution in [-0.4, -0.2) is 25.9 Å². The molecule has 1 heterocycles. The first-order valence-electron chi connectivity index (χ1n) is 3.53. The summed E-state index contributed by atoms with van der Waals surface area (Å²) in [4.78, 5) is 0. The highest BCUT2D eigenvalue weighted by molar-refractivity contribution is 4.75. The summed E-state index contributed by atoms with van der Waals surface area (Å²) in [5.74, 6) is 0. The molecule has 1 saturated heterocycles. The van der Waals surface area contributed by atoms with Gasteiger partial charge in [0.15, 0.2) is 0 Å². The fourth-order valence-electron chi connectivity index (χ4n) is 1.13. The molecule has 0 aliphatic carbocycles. The predicted octanol–water partition coefficient (Wildman–Crippen LogP) is 1.20. The Bertz CT molecular complexity index is 75.0. The molecule has 0 aromatic heterocycles. The smallest absolute Gasteiger partial charge is 0.0858 e. The van der Waals surface area contributed by atoms with Gasteiger partial charge in [-0.15, -0.1) is 0 Å². The number of hydrogen-bond donors (Lipinski definition) is 0. The van der Waals surface area contributed by atoms with E-state index in [2.05, 4.69) is 6.92 Å². The van der Waals surface area contributed by atoms with E-state index in [1.807, 2.05) is 0 Å². The van der Waals surface area contributed by atoms with Crippen LogP contribution >= 0.6 is 0 Å². The Morgan fingerprint density at radius 3 is 2.56 bits per heavy atom. The standard InChI is InChI=1S/C7H14O2/c1-3-6(8-2)7-4-5-9-7/h6-7H,3-5H2,1-2H3. The largest absolute Gasteiger partial charge is 0.379 e. The van der Waals surface area contributed by atoms with Crippen LogP contribution in [0.1, 0.15) is 19.8 Å². The van der Waals surface area contributed by atoms with Crippen LogP contribution in [0.2, 0.25) is 0 Å². The van der Waals surface area contributed by atoms with E-state index < -0.39 is 0 Å². The van der Waals surface area contributed by atoms with Crippen LogP contribution in [-0.2, 0) is 9.47 Å². The second-order valence-corrected chi connectivity index (χ2v) is 2.38. The summed E-state index contributed by atoms with van der Waals surface area (Å²) < 4.78 is 10.4. The summed E-state index contributed by atoms with van der Waals surface area (Å²) >= 11 is 0. The van der Waals surface area contributed by atoms with E-state index in [-0.39, 0.29) is 0 Å². The van der Waals surface area contributed by atoms with Crippen molar-refractivity contribution in [2.75, 3.05) is 13.7 Å². The number of rotatable bonds is 3. The van der Waals surface area contributed by atoms with Gasteiger partial charge in [0.2, 0.25) is 0 Å². The molecule has 0 amide bonds. The molecule has 2 atom stereocenters. The van der Waals surface area contributed by atoms with Gasteiger partial charge in [0.1, 0.15) is 0 Å². The van der Waals surface area contributed by atoms with Crippen LogP contribution in [0, 0.1) is 0 Å². The van der Waals surface area contributed by atoms with E-state index in [1.54, 1.807) is 7.11 Å². The first-order chi connectivity index (χ1) is 4.38. The van der Waals surface area contributed by atoms with Gasteiger partial charge in [-0.2, -0.15) is 0 Å². The highest BCUT2D eigenvalue weighted by Gasteiger charge is 2.26. The first kappa shape index (κ1) is 7.03. The molecule has 0 aromatic carbocycles. The molecule has 0 saturated carbocycles. The molecule has 2 unspecified atom stereocenters. The fraction of sp³-hybridized carbons (Fsp3) is 1.00. The molecule has 1 aliphatic heterocycles. The minimum absolute atomic E-state index is 0.332. The Kier molecular flexibility index (Phi) is 2.49. The predicted molar refractivity (Wildman–Crippen MR) is 35.4 cm³/mol. The third kappa shape index (κ3) is 1.43. The summed E-state index contributed by atoms with van der Waals surface area (Å²) in [6.45, 7) is 3.04. The van der Waals surface area contributed by atoms with E-state index in [9.17, 15) is 0 Å². The normalized spacial score (nSPS) is 29.3. The van der Waals surface area contributed by atoms with E-state index in [0.29, 0.717) is 12.2 Å². The summed E-state index contributed by atoms with van der Waals surface area (Å²) in [5.41, 5.74) is 0. The lowest BCUT2D eigenvalue weighted by molar-refractivity contribution is -0.128. The summed E-state index contributed by atoms with van der Waals surface area (Å²) in [7, 11) is 1.75. The van der Waals surface area contributed by atoms with Crippen LogP contribution in [0.15, 0.2) is 0 Å². The zero-order chi connectivity index (χ0) is 6.69. The molecule has 2 heteroatoms. The molecule has 1 fully saturated rings. The van der Waals surface area contributed by atoms with E-state index in [1.165, 1.54) is 6.42 Å². The molecule has 0 radical (unpaired) electrons. The van der Waals surface area contributed by atoms with E-state index in [4.69, 9.17) is 9.47 Å². The SMILES string of the molecule is CCC(OC)C1CCO1. The molecular weight excluding hydrogens is 116 g/mol. The van der Waals surface area contributed by atoms with Crippen molar-refractivity contribution < 1.29 is 9.47 Å². The third-order valence-electron chi connectivity index (χ3n) is 1.85. The van der Waals surface area contributed by atoms with Crippen LogP contribution in [0.4, 0.5) is 0 Å². The molecule has 2 nitrogen and oxygen atoms in total. The Hall–Kier alpha value is -0.0800. The van der Waals surface area contributed by atoms with Gasteiger partial charge in [0.25, 0.3) is 0 Å². The quantitative estimate of drug-likeness (QED) is 0.571. The molecule has 1 aliphatic rings. The van der Waals surface area contributed by atoms with Gasteiger partial charge in [-0.25, -0.2) is 0 Å². The van der Waals surface area contributed by atoms with Crippen LogP contribution in [0.25, 0.3) is 0 Å². The fourth-order valence-corrected chi connectivity index (χ4v) is 1.13. The Balaban J connectivity index is 2.19.